The zero-order chi connectivity index (χ0) is 14.7. The molecule has 3 rings (SSSR count). The van der Waals surface area contributed by atoms with Crippen LogP contribution in [0.3, 0.4) is 0 Å². The molecule has 21 heavy (non-hydrogen) atoms. The minimum absolute atomic E-state index is 0.0457. The highest BCUT2D eigenvalue weighted by molar-refractivity contribution is 5.27. The van der Waals surface area contributed by atoms with Gasteiger partial charge in [0.1, 0.15) is 0 Å². The monoisotopic (exact) mass is 289 g/mol. The molecule has 0 radical (unpaired) electrons. The lowest BCUT2D eigenvalue weighted by molar-refractivity contribution is -0.129. The first-order valence-electron chi connectivity index (χ1n) is 8.24. The van der Waals surface area contributed by atoms with Crippen LogP contribution in [0, 0.1) is 5.92 Å². The molecule has 3 nitrogen and oxygen atoms in total. The van der Waals surface area contributed by atoms with Crippen molar-refractivity contribution in [1.29, 1.82) is 0 Å². The van der Waals surface area contributed by atoms with Crippen molar-refractivity contribution >= 4 is 0 Å². The van der Waals surface area contributed by atoms with Crippen molar-refractivity contribution in [3.63, 3.8) is 0 Å². The summed E-state index contributed by atoms with van der Waals surface area (Å²) in [5.41, 5.74) is 1.43. The predicted octanol–water partition coefficient (Wildman–Crippen LogP) is 2.96. The summed E-state index contributed by atoms with van der Waals surface area (Å²) in [5.74, 6) is 1.37. The largest absolute Gasteiger partial charge is 0.381 e. The number of hydrogen-bond acceptors (Lipinski definition) is 3. The van der Waals surface area contributed by atoms with Crippen molar-refractivity contribution in [2.75, 3.05) is 26.9 Å². The van der Waals surface area contributed by atoms with Crippen molar-refractivity contribution < 1.29 is 9.47 Å². The van der Waals surface area contributed by atoms with Crippen LogP contribution in [-0.4, -0.2) is 38.5 Å². The zero-order valence-corrected chi connectivity index (χ0v) is 13.2. The minimum Gasteiger partial charge on any atom is -0.381 e. The molecule has 1 N–H and O–H groups in total. The summed E-state index contributed by atoms with van der Waals surface area (Å²) >= 11 is 0. The van der Waals surface area contributed by atoms with Crippen LogP contribution < -0.4 is 5.32 Å². The van der Waals surface area contributed by atoms with E-state index in [-0.39, 0.29) is 5.60 Å². The van der Waals surface area contributed by atoms with E-state index in [0.29, 0.717) is 17.9 Å². The van der Waals surface area contributed by atoms with E-state index in [1.807, 2.05) is 0 Å². The predicted molar refractivity (Wildman–Crippen MR) is 84.5 cm³/mol. The standard InChI is InChI=1S/C18H27NO2/c1-3-21-18(9-11-20-12-10-18)17(19-2)16-13-15(16)14-7-5-4-6-8-14/h4-8,15-17,19H,3,9-13H2,1-2H3. The lowest BCUT2D eigenvalue weighted by Crippen LogP contribution is -2.56. The molecular weight excluding hydrogens is 262 g/mol. The van der Waals surface area contributed by atoms with Gasteiger partial charge in [-0.15, -0.1) is 0 Å². The fraction of sp³-hybridized carbons (Fsp3) is 0.667. The molecule has 0 amide bonds. The summed E-state index contributed by atoms with van der Waals surface area (Å²) in [4.78, 5) is 0. The van der Waals surface area contributed by atoms with E-state index in [2.05, 4.69) is 49.6 Å². The molecule has 0 aromatic heterocycles. The fourth-order valence-electron chi connectivity index (χ4n) is 4.08. The maximum Gasteiger partial charge on any atom is 0.0881 e. The summed E-state index contributed by atoms with van der Waals surface area (Å²) in [7, 11) is 2.08. The highest BCUT2D eigenvalue weighted by Crippen LogP contribution is 2.53. The van der Waals surface area contributed by atoms with Crippen LogP contribution in [0.5, 0.6) is 0 Å². The Labute approximate surface area is 128 Å². The van der Waals surface area contributed by atoms with Crippen LogP contribution >= 0.6 is 0 Å². The molecule has 1 aliphatic heterocycles. The Morgan fingerprint density at radius 3 is 2.62 bits per heavy atom. The highest BCUT2D eigenvalue weighted by atomic mass is 16.5. The maximum absolute atomic E-state index is 6.27. The van der Waals surface area contributed by atoms with E-state index in [9.17, 15) is 0 Å². The van der Waals surface area contributed by atoms with Gasteiger partial charge in [-0.05, 0) is 37.8 Å². The van der Waals surface area contributed by atoms with Crippen molar-refractivity contribution in [2.45, 2.75) is 43.7 Å². The van der Waals surface area contributed by atoms with Crippen LogP contribution in [0.25, 0.3) is 0 Å². The molecule has 3 unspecified atom stereocenters. The Hall–Kier alpha value is -0.900. The van der Waals surface area contributed by atoms with Crippen LogP contribution in [0.15, 0.2) is 30.3 Å². The van der Waals surface area contributed by atoms with E-state index >= 15 is 0 Å². The molecule has 1 saturated heterocycles. The topological polar surface area (TPSA) is 30.5 Å². The van der Waals surface area contributed by atoms with Gasteiger partial charge in [-0.3, -0.25) is 0 Å². The van der Waals surface area contributed by atoms with Crippen LogP contribution in [0.1, 0.15) is 37.7 Å². The van der Waals surface area contributed by atoms with Gasteiger partial charge >= 0.3 is 0 Å². The average molecular weight is 289 g/mol. The van der Waals surface area contributed by atoms with E-state index in [1.165, 1.54) is 12.0 Å². The molecule has 1 aromatic carbocycles. The fourth-order valence-corrected chi connectivity index (χ4v) is 4.08. The number of nitrogens with one attached hydrogen (secondary N) is 1. The van der Waals surface area contributed by atoms with Gasteiger partial charge in [0.2, 0.25) is 0 Å². The minimum atomic E-state index is -0.0457. The van der Waals surface area contributed by atoms with Crippen LogP contribution in [0.4, 0.5) is 0 Å². The summed E-state index contributed by atoms with van der Waals surface area (Å²) in [6.07, 6.45) is 3.28. The van der Waals surface area contributed by atoms with Crippen molar-refractivity contribution in [3.05, 3.63) is 35.9 Å². The Morgan fingerprint density at radius 2 is 2.00 bits per heavy atom. The second kappa shape index (κ2) is 6.47. The molecule has 0 bridgehead atoms. The molecule has 1 saturated carbocycles. The summed E-state index contributed by atoms with van der Waals surface area (Å²) in [6, 6.07) is 11.3. The summed E-state index contributed by atoms with van der Waals surface area (Å²) < 4.78 is 11.8. The molecule has 0 spiro atoms. The Morgan fingerprint density at radius 1 is 1.29 bits per heavy atom. The number of likely N-dealkylation sites (N-methyl/N-ethyl adjacent to an activating group) is 1. The lowest BCUT2D eigenvalue weighted by Gasteiger charge is -2.43. The van der Waals surface area contributed by atoms with E-state index in [4.69, 9.17) is 9.47 Å². The van der Waals surface area contributed by atoms with Crippen LogP contribution in [-0.2, 0) is 9.47 Å². The second-order valence-electron chi connectivity index (χ2n) is 6.29. The first-order chi connectivity index (χ1) is 10.3. The summed E-state index contributed by atoms with van der Waals surface area (Å²) in [6.45, 7) is 4.52. The van der Waals surface area contributed by atoms with Crippen LogP contribution in [0.2, 0.25) is 0 Å². The first kappa shape index (κ1) is 15.0. The molecule has 1 heterocycles. The van der Waals surface area contributed by atoms with Gasteiger partial charge < -0.3 is 14.8 Å². The maximum atomic E-state index is 6.27. The lowest BCUT2D eigenvalue weighted by atomic mass is 9.82. The third-order valence-corrected chi connectivity index (χ3v) is 5.14. The quantitative estimate of drug-likeness (QED) is 0.873. The number of hydrogen-bond donors (Lipinski definition) is 1. The van der Waals surface area contributed by atoms with Gasteiger partial charge in [-0.2, -0.15) is 0 Å². The van der Waals surface area contributed by atoms with E-state index < -0.39 is 0 Å². The number of ether oxygens (including phenoxy) is 2. The number of benzene rings is 1. The van der Waals surface area contributed by atoms with Gasteiger partial charge in [0.05, 0.1) is 5.60 Å². The molecule has 3 atom stereocenters. The van der Waals surface area contributed by atoms with Crippen molar-refractivity contribution in [3.8, 4) is 0 Å². The Balaban J connectivity index is 1.75. The average Bonchev–Trinajstić information content (AvgIpc) is 3.30. The number of rotatable bonds is 6. The molecule has 2 aliphatic rings. The zero-order valence-electron chi connectivity index (χ0n) is 13.2. The molecular formula is C18H27NO2. The second-order valence-corrected chi connectivity index (χ2v) is 6.29. The molecule has 3 heteroatoms. The van der Waals surface area contributed by atoms with Gasteiger partial charge in [-0.25, -0.2) is 0 Å². The molecule has 1 aliphatic carbocycles. The van der Waals surface area contributed by atoms with Gasteiger partial charge in [0.15, 0.2) is 0 Å². The van der Waals surface area contributed by atoms with Gasteiger partial charge in [0, 0.05) is 38.7 Å². The normalized spacial score (nSPS) is 29.0. The third-order valence-electron chi connectivity index (χ3n) is 5.14. The Kier molecular flexibility index (Phi) is 4.63. The van der Waals surface area contributed by atoms with Gasteiger partial charge in [0.25, 0.3) is 0 Å². The van der Waals surface area contributed by atoms with Gasteiger partial charge in [-0.1, -0.05) is 30.3 Å². The summed E-state index contributed by atoms with van der Waals surface area (Å²) in [5, 5.41) is 3.58. The highest BCUT2D eigenvalue weighted by Gasteiger charge is 2.52. The molecule has 116 valence electrons. The Bertz CT molecular complexity index is 436. The smallest absolute Gasteiger partial charge is 0.0881 e. The molecule has 1 aromatic rings. The molecule has 2 fully saturated rings. The van der Waals surface area contributed by atoms with Crippen molar-refractivity contribution in [1.82, 2.24) is 5.32 Å². The third kappa shape index (κ3) is 3.01. The van der Waals surface area contributed by atoms with Crippen molar-refractivity contribution in [2.24, 2.45) is 5.92 Å². The van der Waals surface area contributed by atoms with E-state index in [1.54, 1.807) is 0 Å². The van der Waals surface area contributed by atoms with E-state index in [0.717, 1.165) is 32.7 Å². The SMILES string of the molecule is CCOC1(C(NC)C2CC2c2ccccc2)CCOCC1. The first-order valence-corrected chi connectivity index (χ1v) is 8.24.